The van der Waals surface area contributed by atoms with Crippen LogP contribution in [0.2, 0.25) is 0 Å². The summed E-state index contributed by atoms with van der Waals surface area (Å²) in [6, 6.07) is 12.1. The zero-order valence-electron chi connectivity index (χ0n) is 14.5. The molecule has 0 aliphatic carbocycles. The number of carbonyl (C=O) groups is 2. The minimum absolute atomic E-state index is 0.183. The van der Waals surface area contributed by atoms with Gasteiger partial charge in [0, 0.05) is 6.07 Å². The summed E-state index contributed by atoms with van der Waals surface area (Å²) >= 11 is 0. The predicted octanol–water partition coefficient (Wildman–Crippen LogP) is 3.25. The number of ether oxygens (including phenoxy) is 4. The first-order valence-corrected chi connectivity index (χ1v) is 8.11. The molecule has 0 saturated heterocycles. The second kappa shape index (κ2) is 7.74. The molecule has 0 radical (unpaired) electrons. The van der Waals surface area contributed by atoms with Crippen LogP contribution in [0.5, 0.6) is 17.2 Å². The van der Waals surface area contributed by atoms with Crippen LogP contribution in [-0.2, 0) is 9.53 Å². The van der Waals surface area contributed by atoms with Crippen molar-refractivity contribution in [3.63, 3.8) is 0 Å². The van der Waals surface area contributed by atoms with E-state index in [1.54, 1.807) is 42.5 Å². The van der Waals surface area contributed by atoms with E-state index in [0.717, 1.165) is 0 Å². The molecule has 6 heteroatoms. The Morgan fingerprint density at radius 2 is 1.92 bits per heavy atom. The molecule has 1 aliphatic rings. The third-order valence-electron chi connectivity index (χ3n) is 3.69. The molecule has 0 aromatic heterocycles. The normalized spacial score (nSPS) is 13.9. The summed E-state index contributed by atoms with van der Waals surface area (Å²) in [6.45, 7) is 2.24. The van der Waals surface area contributed by atoms with Crippen molar-refractivity contribution < 1.29 is 28.5 Å². The number of fused-ring (bicyclic) bond motifs is 1. The van der Waals surface area contributed by atoms with Gasteiger partial charge in [-0.1, -0.05) is 12.1 Å². The van der Waals surface area contributed by atoms with Crippen molar-refractivity contribution in [1.29, 1.82) is 0 Å². The van der Waals surface area contributed by atoms with Gasteiger partial charge in [0.1, 0.15) is 17.2 Å². The maximum atomic E-state index is 12.5. The summed E-state index contributed by atoms with van der Waals surface area (Å²) in [7, 11) is 1.30. The first-order chi connectivity index (χ1) is 12.6. The van der Waals surface area contributed by atoms with Gasteiger partial charge in [-0.05, 0) is 42.8 Å². The fraction of sp³-hybridized carbons (Fsp3) is 0.200. The van der Waals surface area contributed by atoms with E-state index in [-0.39, 0.29) is 18.1 Å². The lowest BCUT2D eigenvalue weighted by Crippen LogP contribution is -2.12. The van der Waals surface area contributed by atoms with E-state index in [1.807, 2.05) is 13.0 Å². The van der Waals surface area contributed by atoms with E-state index in [1.165, 1.54) is 7.11 Å². The molecule has 6 nitrogen and oxygen atoms in total. The molecule has 0 fully saturated rings. The number of hydrogen-bond acceptors (Lipinski definition) is 6. The van der Waals surface area contributed by atoms with E-state index < -0.39 is 5.97 Å². The minimum atomic E-state index is -0.469. The van der Waals surface area contributed by atoms with Gasteiger partial charge in [-0.3, -0.25) is 4.79 Å². The third-order valence-corrected chi connectivity index (χ3v) is 3.69. The SMILES string of the molecule is CCOc1ccc2c(c1)O/C(=C\c1cccc(OCC(=O)OC)c1)C2=O. The van der Waals surface area contributed by atoms with E-state index >= 15 is 0 Å². The Morgan fingerprint density at radius 1 is 1.12 bits per heavy atom. The number of carbonyl (C=O) groups excluding carboxylic acids is 2. The number of esters is 1. The lowest BCUT2D eigenvalue weighted by Gasteiger charge is -2.06. The number of hydrogen-bond donors (Lipinski definition) is 0. The Hall–Kier alpha value is -3.28. The molecule has 0 spiro atoms. The van der Waals surface area contributed by atoms with Gasteiger partial charge in [0.05, 0.1) is 19.3 Å². The van der Waals surface area contributed by atoms with Gasteiger partial charge >= 0.3 is 5.97 Å². The van der Waals surface area contributed by atoms with Crippen LogP contribution in [0.25, 0.3) is 6.08 Å². The molecule has 0 saturated carbocycles. The quantitative estimate of drug-likeness (QED) is 0.586. The molecule has 0 atom stereocenters. The number of methoxy groups -OCH3 is 1. The highest BCUT2D eigenvalue weighted by Gasteiger charge is 2.27. The maximum absolute atomic E-state index is 12.5. The van der Waals surface area contributed by atoms with Crippen LogP contribution in [0, 0.1) is 0 Å². The fourth-order valence-corrected chi connectivity index (χ4v) is 2.47. The molecule has 0 amide bonds. The molecule has 26 heavy (non-hydrogen) atoms. The van der Waals surface area contributed by atoms with Gasteiger partial charge in [0.25, 0.3) is 0 Å². The van der Waals surface area contributed by atoms with Gasteiger partial charge in [-0.2, -0.15) is 0 Å². The Balaban J connectivity index is 1.78. The highest BCUT2D eigenvalue weighted by atomic mass is 16.6. The third kappa shape index (κ3) is 3.85. The fourth-order valence-electron chi connectivity index (χ4n) is 2.47. The van der Waals surface area contributed by atoms with E-state index in [2.05, 4.69) is 4.74 Å². The molecule has 1 aliphatic heterocycles. The van der Waals surface area contributed by atoms with Gasteiger partial charge in [0.15, 0.2) is 12.4 Å². The molecular weight excluding hydrogens is 336 g/mol. The molecule has 0 unspecified atom stereocenters. The monoisotopic (exact) mass is 354 g/mol. The summed E-state index contributed by atoms with van der Waals surface area (Å²) in [5.74, 6) is 1.18. The second-order valence-corrected chi connectivity index (χ2v) is 5.47. The van der Waals surface area contributed by atoms with Crippen molar-refractivity contribution in [3.8, 4) is 17.2 Å². The van der Waals surface area contributed by atoms with Crippen LogP contribution >= 0.6 is 0 Å². The van der Waals surface area contributed by atoms with Gasteiger partial charge in [0.2, 0.25) is 5.78 Å². The molecule has 2 aromatic carbocycles. The van der Waals surface area contributed by atoms with E-state index in [0.29, 0.717) is 35.0 Å². The van der Waals surface area contributed by atoms with Crippen molar-refractivity contribution >= 4 is 17.8 Å². The van der Waals surface area contributed by atoms with E-state index in [9.17, 15) is 9.59 Å². The Kier molecular flexibility index (Phi) is 5.22. The highest BCUT2D eigenvalue weighted by molar-refractivity contribution is 6.14. The topological polar surface area (TPSA) is 71.1 Å². The zero-order valence-corrected chi connectivity index (χ0v) is 14.5. The molecule has 134 valence electrons. The van der Waals surface area contributed by atoms with Crippen molar-refractivity contribution in [2.24, 2.45) is 0 Å². The molecular formula is C20H18O6. The average molecular weight is 354 g/mol. The summed E-state index contributed by atoms with van der Waals surface area (Å²) in [4.78, 5) is 23.6. The maximum Gasteiger partial charge on any atom is 0.343 e. The Morgan fingerprint density at radius 3 is 2.69 bits per heavy atom. The Bertz CT molecular complexity index is 868. The summed E-state index contributed by atoms with van der Waals surface area (Å²) in [5.41, 5.74) is 1.21. The Labute approximate surface area is 150 Å². The number of benzene rings is 2. The zero-order chi connectivity index (χ0) is 18.5. The number of ketones is 1. The van der Waals surface area contributed by atoms with Crippen LogP contribution in [0.3, 0.4) is 0 Å². The van der Waals surface area contributed by atoms with Crippen molar-refractivity contribution in [1.82, 2.24) is 0 Å². The largest absolute Gasteiger partial charge is 0.494 e. The van der Waals surface area contributed by atoms with Crippen molar-refractivity contribution in [2.75, 3.05) is 20.3 Å². The van der Waals surface area contributed by atoms with Crippen LogP contribution < -0.4 is 14.2 Å². The van der Waals surface area contributed by atoms with Crippen molar-refractivity contribution in [3.05, 3.63) is 59.4 Å². The molecule has 1 heterocycles. The summed E-state index contributed by atoms with van der Waals surface area (Å²) in [6.07, 6.45) is 1.63. The number of rotatable bonds is 6. The summed E-state index contributed by atoms with van der Waals surface area (Å²) in [5, 5.41) is 0. The van der Waals surface area contributed by atoms with Crippen LogP contribution in [0.15, 0.2) is 48.2 Å². The van der Waals surface area contributed by atoms with Gasteiger partial charge in [-0.25, -0.2) is 4.79 Å². The lowest BCUT2D eigenvalue weighted by molar-refractivity contribution is -0.142. The van der Waals surface area contributed by atoms with Crippen molar-refractivity contribution in [2.45, 2.75) is 6.92 Å². The van der Waals surface area contributed by atoms with Gasteiger partial charge < -0.3 is 18.9 Å². The van der Waals surface area contributed by atoms with Crippen LogP contribution in [0.4, 0.5) is 0 Å². The molecule has 3 rings (SSSR count). The van der Waals surface area contributed by atoms with E-state index in [4.69, 9.17) is 14.2 Å². The summed E-state index contributed by atoms with van der Waals surface area (Å²) < 4.78 is 21.0. The number of allylic oxidation sites excluding steroid dienone is 1. The highest BCUT2D eigenvalue weighted by Crippen LogP contribution is 2.35. The first-order valence-electron chi connectivity index (χ1n) is 8.11. The minimum Gasteiger partial charge on any atom is -0.494 e. The molecule has 2 aromatic rings. The second-order valence-electron chi connectivity index (χ2n) is 5.47. The predicted molar refractivity (Wildman–Crippen MR) is 94.5 cm³/mol. The molecule has 0 N–H and O–H groups in total. The standard InChI is InChI=1S/C20H18O6/c1-3-24-15-7-8-16-17(11-15)26-18(20(16)22)10-13-5-4-6-14(9-13)25-12-19(21)23-2/h4-11H,3,12H2,1-2H3/b18-10-. The van der Waals surface area contributed by atoms with Crippen LogP contribution in [0.1, 0.15) is 22.8 Å². The smallest absolute Gasteiger partial charge is 0.343 e. The lowest BCUT2D eigenvalue weighted by atomic mass is 10.1. The number of Topliss-reactive ketones (excluding diaryl/α,β-unsaturated/α-hetero) is 1. The van der Waals surface area contributed by atoms with Crippen LogP contribution in [-0.4, -0.2) is 32.1 Å². The van der Waals surface area contributed by atoms with Gasteiger partial charge in [-0.15, -0.1) is 0 Å². The molecule has 0 bridgehead atoms. The first kappa shape index (κ1) is 17.5. The average Bonchev–Trinajstić information content (AvgIpc) is 2.95.